The van der Waals surface area contributed by atoms with Crippen LogP contribution in [0.5, 0.6) is 5.75 Å². The Bertz CT molecular complexity index is 546. The van der Waals surface area contributed by atoms with Crippen LogP contribution in [0.3, 0.4) is 0 Å². The van der Waals surface area contributed by atoms with E-state index in [4.69, 9.17) is 9.84 Å². The van der Waals surface area contributed by atoms with Crippen LogP contribution in [0.2, 0.25) is 0 Å². The van der Waals surface area contributed by atoms with Gasteiger partial charge in [-0.05, 0) is 37.5 Å². The van der Waals surface area contributed by atoms with Gasteiger partial charge in [-0.3, -0.25) is 9.59 Å². The Morgan fingerprint density at radius 1 is 1.43 bits per heavy atom. The van der Waals surface area contributed by atoms with E-state index in [9.17, 15) is 9.59 Å². The van der Waals surface area contributed by atoms with Gasteiger partial charge in [0.2, 0.25) is 5.91 Å². The lowest BCUT2D eigenvalue weighted by molar-refractivity contribution is -0.141. The molecular formula is C15H18BrNO4. The van der Waals surface area contributed by atoms with Crippen molar-refractivity contribution >= 4 is 27.8 Å². The standard InChI is InChI=1S/C15H18BrNO4/c1-21-13-5-3-11(16)6-10(13)8-14(18)17-12-4-2-9(7-12)15(19)20/h3,5-6,9,12H,2,4,7-8H2,1H3,(H,17,18)(H,19,20)/t9-,12+/m0/s1. The fourth-order valence-corrected chi connectivity index (χ4v) is 3.08. The lowest BCUT2D eigenvalue weighted by atomic mass is 10.1. The van der Waals surface area contributed by atoms with Gasteiger partial charge in [0.15, 0.2) is 0 Å². The summed E-state index contributed by atoms with van der Waals surface area (Å²) < 4.78 is 6.13. The Morgan fingerprint density at radius 3 is 2.81 bits per heavy atom. The number of benzene rings is 1. The van der Waals surface area contributed by atoms with Crippen LogP contribution in [0, 0.1) is 5.92 Å². The summed E-state index contributed by atoms with van der Waals surface area (Å²) in [6.45, 7) is 0. The van der Waals surface area contributed by atoms with Crippen LogP contribution in [-0.4, -0.2) is 30.1 Å². The molecule has 21 heavy (non-hydrogen) atoms. The molecule has 0 spiro atoms. The third kappa shape index (κ3) is 4.20. The van der Waals surface area contributed by atoms with Crippen LogP contribution in [0.25, 0.3) is 0 Å². The number of carboxylic acid groups (broad SMARTS) is 1. The first-order chi connectivity index (χ1) is 9.99. The third-order valence-corrected chi connectivity index (χ3v) is 4.23. The Hall–Kier alpha value is -1.56. The maximum Gasteiger partial charge on any atom is 0.306 e. The zero-order valence-corrected chi connectivity index (χ0v) is 13.4. The highest BCUT2D eigenvalue weighted by molar-refractivity contribution is 9.10. The molecule has 1 aliphatic carbocycles. The average molecular weight is 356 g/mol. The second kappa shape index (κ2) is 6.93. The molecule has 1 aromatic carbocycles. The van der Waals surface area contributed by atoms with Crippen LogP contribution < -0.4 is 10.1 Å². The molecule has 0 bridgehead atoms. The number of methoxy groups -OCH3 is 1. The topological polar surface area (TPSA) is 75.6 Å². The van der Waals surface area contributed by atoms with Crippen molar-refractivity contribution in [3.63, 3.8) is 0 Å². The van der Waals surface area contributed by atoms with Gasteiger partial charge in [0.05, 0.1) is 19.4 Å². The quantitative estimate of drug-likeness (QED) is 0.849. The van der Waals surface area contributed by atoms with Gasteiger partial charge >= 0.3 is 5.97 Å². The molecule has 1 aromatic rings. The smallest absolute Gasteiger partial charge is 0.306 e. The fourth-order valence-electron chi connectivity index (χ4n) is 2.67. The summed E-state index contributed by atoms with van der Waals surface area (Å²) in [5, 5.41) is 11.9. The summed E-state index contributed by atoms with van der Waals surface area (Å²) in [6, 6.07) is 5.47. The van der Waals surface area contributed by atoms with Gasteiger partial charge in [-0.1, -0.05) is 15.9 Å². The summed E-state index contributed by atoms with van der Waals surface area (Å²) in [4.78, 5) is 23.0. The van der Waals surface area contributed by atoms with Gasteiger partial charge in [0.1, 0.15) is 5.75 Å². The van der Waals surface area contributed by atoms with Crippen LogP contribution in [0.1, 0.15) is 24.8 Å². The molecule has 2 N–H and O–H groups in total. The number of hydrogen-bond donors (Lipinski definition) is 2. The first-order valence-corrected chi connectivity index (χ1v) is 7.63. The molecule has 0 aliphatic heterocycles. The van der Waals surface area contributed by atoms with E-state index in [-0.39, 0.29) is 24.3 Å². The first kappa shape index (κ1) is 15.8. The highest BCUT2D eigenvalue weighted by Crippen LogP contribution is 2.26. The van der Waals surface area contributed by atoms with E-state index in [1.165, 1.54) is 0 Å². The van der Waals surface area contributed by atoms with E-state index in [0.29, 0.717) is 18.6 Å². The van der Waals surface area contributed by atoms with Gasteiger partial charge < -0.3 is 15.2 Å². The normalized spacial score (nSPS) is 21.0. The highest BCUT2D eigenvalue weighted by Gasteiger charge is 2.30. The summed E-state index contributed by atoms with van der Waals surface area (Å²) >= 11 is 3.37. The molecule has 0 heterocycles. The number of hydrogen-bond acceptors (Lipinski definition) is 3. The van der Waals surface area contributed by atoms with Gasteiger partial charge in [0.25, 0.3) is 0 Å². The Balaban J connectivity index is 1.93. The van der Waals surface area contributed by atoms with Crippen LogP contribution >= 0.6 is 15.9 Å². The number of halogens is 1. The Labute approximate surface area is 131 Å². The number of nitrogens with one attached hydrogen (secondary N) is 1. The number of carboxylic acids is 1. The summed E-state index contributed by atoms with van der Waals surface area (Å²) in [5.74, 6) is -0.554. The molecule has 0 saturated heterocycles. The monoisotopic (exact) mass is 355 g/mol. The molecule has 6 heteroatoms. The number of amides is 1. The SMILES string of the molecule is COc1ccc(Br)cc1CC(=O)N[C@@H]1CC[C@H](C(=O)O)C1. The number of ether oxygens (including phenoxy) is 1. The highest BCUT2D eigenvalue weighted by atomic mass is 79.9. The van der Waals surface area contributed by atoms with Gasteiger partial charge in [-0.15, -0.1) is 0 Å². The van der Waals surface area contributed by atoms with Crippen LogP contribution in [0.15, 0.2) is 22.7 Å². The molecule has 1 saturated carbocycles. The number of carbonyl (C=O) groups excluding carboxylic acids is 1. The molecule has 1 aliphatic rings. The number of rotatable bonds is 5. The second-order valence-corrected chi connectivity index (χ2v) is 6.16. The molecule has 5 nitrogen and oxygen atoms in total. The number of aliphatic carboxylic acids is 1. The molecule has 0 radical (unpaired) electrons. The lowest BCUT2D eigenvalue weighted by Gasteiger charge is -2.14. The van der Waals surface area contributed by atoms with Gasteiger partial charge in [-0.2, -0.15) is 0 Å². The third-order valence-electron chi connectivity index (χ3n) is 3.74. The van der Waals surface area contributed by atoms with E-state index in [0.717, 1.165) is 16.5 Å². The zero-order valence-electron chi connectivity index (χ0n) is 11.8. The molecule has 2 rings (SSSR count). The largest absolute Gasteiger partial charge is 0.496 e. The van der Waals surface area contributed by atoms with Gasteiger partial charge in [0, 0.05) is 16.1 Å². The fraction of sp³-hybridized carbons (Fsp3) is 0.467. The number of carbonyl (C=O) groups is 2. The predicted molar refractivity (Wildman–Crippen MR) is 81.3 cm³/mol. The van der Waals surface area contributed by atoms with Crippen molar-refractivity contribution in [2.75, 3.05) is 7.11 Å². The van der Waals surface area contributed by atoms with Crippen molar-refractivity contribution in [1.82, 2.24) is 5.32 Å². The Morgan fingerprint density at radius 2 is 2.19 bits per heavy atom. The van der Waals surface area contributed by atoms with Crippen molar-refractivity contribution in [1.29, 1.82) is 0 Å². The first-order valence-electron chi connectivity index (χ1n) is 6.84. The van der Waals surface area contributed by atoms with E-state index < -0.39 is 5.97 Å². The van der Waals surface area contributed by atoms with Crippen molar-refractivity contribution in [3.8, 4) is 5.75 Å². The maximum absolute atomic E-state index is 12.1. The van der Waals surface area contributed by atoms with E-state index >= 15 is 0 Å². The molecular weight excluding hydrogens is 338 g/mol. The summed E-state index contributed by atoms with van der Waals surface area (Å²) in [5.41, 5.74) is 0.803. The second-order valence-electron chi connectivity index (χ2n) is 5.25. The van der Waals surface area contributed by atoms with Crippen molar-refractivity contribution in [2.45, 2.75) is 31.7 Å². The summed E-state index contributed by atoms with van der Waals surface area (Å²) in [7, 11) is 1.57. The van der Waals surface area contributed by atoms with Crippen molar-refractivity contribution < 1.29 is 19.4 Å². The molecule has 114 valence electrons. The van der Waals surface area contributed by atoms with Gasteiger partial charge in [-0.25, -0.2) is 0 Å². The van der Waals surface area contributed by atoms with Crippen molar-refractivity contribution in [2.24, 2.45) is 5.92 Å². The maximum atomic E-state index is 12.1. The molecule has 0 aromatic heterocycles. The molecule has 0 unspecified atom stereocenters. The minimum Gasteiger partial charge on any atom is -0.496 e. The van der Waals surface area contributed by atoms with Crippen LogP contribution in [-0.2, 0) is 16.0 Å². The Kier molecular flexibility index (Phi) is 5.22. The molecule has 1 amide bonds. The average Bonchev–Trinajstić information content (AvgIpc) is 2.87. The van der Waals surface area contributed by atoms with E-state index in [2.05, 4.69) is 21.2 Å². The van der Waals surface area contributed by atoms with E-state index in [1.54, 1.807) is 7.11 Å². The van der Waals surface area contributed by atoms with Crippen LogP contribution in [0.4, 0.5) is 0 Å². The molecule has 2 atom stereocenters. The zero-order chi connectivity index (χ0) is 15.4. The van der Waals surface area contributed by atoms with E-state index in [1.807, 2.05) is 18.2 Å². The minimum absolute atomic E-state index is 0.0447. The molecule has 1 fully saturated rings. The lowest BCUT2D eigenvalue weighted by Crippen LogP contribution is -2.34. The predicted octanol–water partition coefficient (Wildman–Crippen LogP) is 2.37. The minimum atomic E-state index is -0.777. The van der Waals surface area contributed by atoms with Crippen molar-refractivity contribution in [3.05, 3.63) is 28.2 Å². The summed E-state index contributed by atoms with van der Waals surface area (Å²) in [6.07, 6.45) is 2.08.